The van der Waals surface area contributed by atoms with Gasteiger partial charge in [0.2, 0.25) is 11.8 Å². The highest BCUT2D eigenvalue weighted by atomic mass is 16.2. The minimum absolute atomic E-state index is 0.0389. The summed E-state index contributed by atoms with van der Waals surface area (Å²) in [4.78, 5) is 26.0. The molecule has 4 nitrogen and oxygen atoms in total. The Hall–Kier alpha value is -1.84. The van der Waals surface area contributed by atoms with Crippen molar-refractivity contribution in [2.45, 2.75) is 37.9 Å². The Labute approximate surface area is 106 Å². The van der Waals surface area contributed by atoms with E-state index in [1.54, 1.807) is 11.8 Å². The van der Waals surface area contributed by atoms with E-state index in [0.717, 1.165) is 18.4 Å². The highest BCUT2D eigenvalue weighted by Crippen LogP contribution is 2.40. The lowest BCUT2D eigenvalue weighted by Crippen LogP contribution is -2.63. The van der Waals surface area contributed by atoms with Crippen molar-refractivity contribution in [1.82, 2.24) is 10.2 Å². The van der Waals surface area contributed by atoms with Gasteiger partial charge in [-0.05, 0) is 25.3 Å². The normalized spacial score (nSPS) is 25.2. The summed E-state index contributed by atoms with van der Waals surface area (Å²) < 4.78 is 0. The highest BCUT2D eigenvalue weighted by molar-refractivity contribution is 6.01. The van der Waals surface area contributed by atoms with Gasteiger partial charge in [0.1, 0.15) is 11.6 Å². The van der Waals surface area contributed by atoms with E-state index in [-0.39, 0.29) is 17.9 Å². The van der Waals surface area contributed by atoms with Gasteiger partial charge in [-0.2, -0.15) is 0 Å². The van der Waals surface area contributed by atoms with Crippen LogP contribution in [-0.4, -0.2) is 28.3 Å². The van der Waals surface area contributed by atoms with E-state index in [4.69, 9.17) is 0 Å². The fourth-order valence-corrected chi connectivity index (χ4v) is 2.44. The summed E-state index contributed by atoms with van der Waals surface area (Å²) in [7, 11) is 0. The van der Waals surface area contributed by atoms with Crippen LogP contribution in [0.15, 0.2) is 30.3 Å². The minimum atomic E-state index is -0.571. The molecule has 1 aromatic carbocycles. The highest BCUT2D eigenvalue weighted by Gasteiger charge is 2.57. The largest absolute Gasteiger partial charge is 0.340 e. The lowest BCUT2D eigenvalue weighted by atomic mass is 10.1. The first-order chi connectivity index (χ1) is 8.62. The molecule has 2 fully saturated rings. The fraction of sp³-hybridized carbons (Fsp3) is 0.429. The van der Waals surface area contributed by atoms with Crippen LogP contribution in [0.5, 0.6) is 0 Å². The number of hydrogen-bond acceptors (Lipinski definition) is 2. The molecule has 1 saturated heterocycles. The maximum absolute atomic E-state index is 12.4. The number of benzene rings is 1. The lowest BCUT2D eigenvalue weighted by molar-refractivity contribution is -0.150. The number of carbonyl (C=O) groups excluding carboxylic acids is 2. The molecule has 0 radical (unpaired) electrons. The van der Waals surface area contributed by atoms with E-state index in [0.29, 0.717) is 6.54 Å². The Balaban J connectivity index is 1.85. The number of hydrogen-bond donors (Lipinski definition) is 1. The number of nitrogens with zero attached hydrogens (tertiary/aromatic N) is 1. The first-order valence-corrected chi connectivity index (χ1v) is 6.29. The molecule has 18 heavy (non-hydrogen) atoms. The van der Waals surface area contributed by atoms with Crippen LogP contribution < -0.4 is 5.32 Å². The second kappa shape index (κ2) is 3.83. The molecule has 3 rings (SSSR count). The molecule has 2 aliphatic rings. The van der Waals surface area contributed by atoms with Crippen LogP contribution >= 0.6 is 0 Å². The summed E-state index contributed by atoms with van der Waals surface area (Å²) in [5.74, 6) is 0.0292. The topological polar surface area (TPSA) is 49.4 Å². The van der Waals surface area contributed by atoms with Crippen LogP contribution in [-0.2, 0) is 16.1 Å². The van der Waals surface area contributed by atoms with E-state index in [1.165, 1.54) is 0 Å². The molecule has 1 aliphatic heterocycles. The summed E-state index contributed by atoms with van der Waals surface area (Å²) in [5, 5.41) is 2.85. The number of carbonyl (C=O) groups is 2. The quantitative estimate of drug-likeness (QED) is 0.846. The smallest absolute Gasteiger partial charge is 0.249 e. The molecule has 1 atom stereocenters. The summed E-state index contributed by atoms with van der Waals surface area (Å²) in [6.07, 6.45) is 1.55. The van der Waals surface area contributed by atoms with Gasteiger partial charge < -0.3 is 10.2 Å². The Morgan fingerprint density at radius 1 is 1.28 bits per heavy atom. The Bertz CT molecular complexity index is 494. The van der Waals surface area contributed by atoms with Crippen molar-refractivity contribution in [1.29, 1.82) is 0 Å². The van der Waals surface area contributed by atoms with Crippen LogP contribution in [0.25, 0.3) is 0 Å². The van der Waals surface area contributed by atoms with Crippen LogP contribution in [0.2, 0.25) is 0 Å². The van der Waals surface area contributed by atoms with Crippen molar-refractivity contribution < 1.29 is 9.59 Å². The Kier molecular flexibility index (Phi) is 2.40. The zero-order valence-electron chi connectivity index (χ0n) is 10.3. The first-order valence-electron chi connectivity index (χ1n) is 6.29. The average Bonchev–Trinajstić information content (AvgIpc) is 3.15. The minimum Gasteiger partial charge on any atom is -0.340 e. The van der Waals surface area contributed by atoms with E-state index in [2.05, 4.69) is 5.32 Å². The third kappa shape index (κ3) is 1.68. The molecule has 4 heteroatoms. The summed E-state index contributed by atoms with van der Waals surface area (Å²) in [6, 6.07) is 9.41. The summed E-state index contributed by atoms with van der Waals surface area (Å²) in [6.45, 7) is 2.29. The molecule has 1 N–H and O–H groups in total. The lowest BCUT2D eigenvalue weighted by Gasteiger charge is -2.37. The molecular weight excluding hydrogens is 228 g/mol. The summed E-state index contributed by atoms with van der Waals surface area (Å²) >= 11 is 0. The van der Waals surface area contributed by atoms with E-state index in [9.17, 15) is 9.59 Å². The van der Waals surface area contributed by atoms with Gasteiger partial charge in [0.25, 0.3) is 0 Å². The molecule has 1 heterocycles. The second-order valence-corrected chi connectivity index (χ2v) is 5.17. The van der Waals surface area contributed by atoms with Crippen molar-refractivity contribution >= 4 is 11.8 Å². The van der Waals surface area contributed by atoms with E-state index >= 15 is 0 Å². The van der Waals surface area contributed by atoms with Gasteiger partial charge in [0.15, 0.2) is 0 Å². The number of piperazine rings is 1. The van der Waals surface area contributed by atoms with Crippen LogP contribution in [0.4, 0.5) is 0 Å². The number of rotatable bonds is 2. The number of amides is 2. The van der Waals surface area contributed by atoms with Crippen LogP contribution in [0.3, 0.4) is 0 Å². The SMILES string of the molecule is CC1C(=O)NC2(CC2)C(=O)N1Cc1ccccc1. The average molecular weight is 244 g/mol. The van der Waals surface area contributed by atoms with Gasteiger partial charge in [-0.3, -0.25) is 9.59 Å². The van der Waals surface area contributed by atoms with E-state index < -0.39 is 5.54 Å². The fourth-order valence-electron chi connectivity index (χ4n) is 2.44. The Morgan fingerprint density at radius 3 is 2.56 bits per heavy atom. The maximum atomic E-state index is 12.4. The zero-order chi connectivity index (χ0) is 12.8. The predicted molar refractivity (Wildman–Crippen MR) is 66.6 cm³/mol. The molecule has 0 bridgehead atoms. The molecule has 1 aliphatic carbocycles. The maximum Gasteiger partial charge on any atom is 0.249 e. The van der Waals surface area contributed by atoms with Gasteiger partial charge in [0.05, 0.1) is 0 Å². The van der Waals surface area contributed by atoms with Crippen molar-refractivity contribution in [2.24, 2.45) is 0 Å². The van der Waals surface area contributed by atoms with Gasteiger partial charge in [-0.15, -0.1) is 0 Å². The molecule has 94 valence electrons. The Morgan fingerprint density at radius 2 is 1.94 bits per heavy atom. The monoisotopic (exact) mass is 244 g/mol. The summed E-state index contributed by atoms with van der Waals surface area (Å²) in [5.41, 5.74) is 0.487. The first kappa shape index (κ1) is 11.3. The third-order valence-corrected chi connectivity index (χ3v) is 3.83. The van der Waals surface area contributed by atoms with Gasteiger partial charge in [0, 0.05) is 6.54 Å². The molecule has 1 aromatic rings. The third-order valence-electron chi connectivity index (χ3n) is 3.83. The molecule has 1 spiro atoms. The van der Waals surface area contributed by atoms with Crippen molar-refractivity contribution in [3.05, 3.63) is 35.9 Å². The predicted octanol–water partition coefficient (Wildman–Crippen LogP) is 1.07. The molecular formula is C14H16N2O2. The number of nitrogens with one attached hydrogen (secondary N) is 1. The molecule has 1 unspecified atom stereocenters. The van der Waals surface area contributed by atoms with Crippen LogP contribution in [0, 0.1) is 0 Å². The molecule has 0 aromatic heterocycles. The molecule has 1 saturated carbocycles. The second-order valence-electron chi connectivity index (χ2n) is 5.17. The zero-order valence-corrected chi connectivity index (χ0v) is 10.3. The van der Waals surface area contributed by atoms with Crippen molar-refractivity contribution in [2.75, 3.05) is 0 Å². The molecule has 2 amide bonds. The van der Waals surface area contributed by atoms with Gasteiger partial charge >= 0.3 is 0 Å². The van der Waals surface area contributed by atoms with Crippen LogP contribution in [0.1, 0.15) is 25.3 Å². The van der Waals surface area contributed by atoms with Crippen molar-refractivity contribution in [3.63, 3.8) is 0 Å². The van der Waals surface area contributed by atoms with Gasteiger partial charge in [-0.1, -0.05) is 30.3 Å². The van der Waals surface area contributed by atoms with Crippen molar-refractivity contribution in [3.8, 4) is 0 Å². The van der Waals surface area contributed by atoms with E-state index in [1.807, 2.05) is 30.3 Å². The standard InChI is InChI=1S/C14H16N2O2/c1-10-12(17)15-14(7-8-14)13(18)16(10)9-11-5-3-2-4-6-11/h2-6,10H,7-9H2,1H3,(H,15,17). The van der Waals surface area contributed by atoms with Gasteiger partial charge in [-0.25, -0.2) is 0 Å².